The number of ketones is 3. The Kier molecular flexibility index (Phi) is 33.9. The average Bonchev–Trinajstić information content (AvgIpc) is 0.732. The van der Waals surface area contributed by atoms with Gasteiger partial charge in [0.25, 0.3) is 0 Å². The molecule has 3 saturated heterocycles. The van der Waals surface area contributed by atoms with Crippen molar-refractivity contribution in [2.75, 3.05) is 58.0 Å². The molecule has 6 aliphatic rings. The van der Waals surface area contributed by atoms with Gasteiger partial charge in [-0.2, -0.15) is 5.26 Å². The number of fused-ring (bicyclic) bond motifs is 3. The Morgan fingerprint density at radius 1 is 0.750 bits per heavy atom. The average molecular weight is 1800 g/mol. The maximum Gasteiger partial charge on any atom is 0.303 e. The number of aromatic nitrogens is 2. The molecule has 14 atom stereocenters. The Bertz CT molecular complexity index is 5020. The van der Waals surface area contributed by atoms with E-state index in [4.69, 9.17) is 41.9 Å². The van der Waals surface area contributed by atoms with Crippen molar-refractivity contribution in [3.63, 3.8) is 0 Å². The number of β-amino-alcohol motifs (C(OH)–C–C–N with tert-alkyl or cyclic N) is 1. The number of aromatic hydroxyl groups is 2. The van der Waals surface area contributed by atoms with Crippen molar-refractivity contribution in [1.29, 1.82) is 5.26 Å². The standard InChI is InChI=1S/C65H89N9O25.C22H20ClN5O/c1-28(2)19-37(60(91)69-36-21-47(98-30(4)53(36)84)99-42-23-65(96,43(79)27-77)22-34-49(42)57(88)51-50(55(34)86)54(85)33-13-9-14-41(97-5)48(33)56(51)87)70-61(92)38(25-75)72-59(90)35(17-18-44(66)80)68-64(95)52(31-11-7-6-8-12-31)73-62(93)39(26-76)71-58(89)29(3)67-63(94)40-20-32(78)24-74(40)45(81)15-10-16-46(82)83;23-19-2-1-3-20(10-19)28-9-8-26(15-22(28)29)14-21-12-25-16-27(21)13-18-6-4-17(11-24)5-7-18/h9,13-14,28-32,35-40,42,47,52-53,75-78,84,86,88,96H,6-8,10-12,15-27H2,1-5H3,(H2,66,80)(H,67,94)(H,68,95)(H,69,91)(H,70,92)(H,71,89)(H,72,90)(H,73,93)(H,82,83);1-7,10,12,16H,8-9,13-15H2/t29-,30-,32+,35-,36-,37-,38-,39-,40-,42-,47-,52-,53+,65-;/m0./s1. The highest BCUT2D eigenvalue weighted by Crippen LogP contribution is 2.53. The van der Waals surface area contributed by atoms with Crippen molar-refractivity contribution in [3.8, 4) is 23.3 Å². The lowest BCUT2D eigenvalue weighted by Gasteiger charge is -2.43. The van der Waals surface area contributed by atoms with Crippen LogP contribution in [0, 0.1) is 23.2 Å². The van der Waals surface area contributed by atoms with E-state index in [-0.39, 0.29) is 78.5 Å². The van der Waals surface area contributed by atoms with Gasteiger partial charge in [-0.15, -0.1) is 0 Å². The van der Waals surface area contributed by atoms with Crippen LogP contribution in [0.5, 0.6) is 17.2 Å². The number of phenolic OH excluding ortho intramolecular Hbond substituents is 2. The van der Waals surface area contributed by atoms with Crippen molar-refractivity contribution in [3.05, 3.63) is 134 Å². The second kappa shape index (κ2) is 44.2. The van der Waals surface area contributed by atoms with Gasteiger partial charge in [0.1, 0.15) is 77.9 Å². The maximum atomic E-state index is 14.4. The van der Waals surface area contributed by atoms with E-state index in [0.717, 1.165) is 34.8 Å². The number of carbonyl (C=O) groups excluding carboxylic acids is 13. The van der Waals surface area contributed by atoms with Crippen LogP contribution in [0.3, 0.4) is 0 Å². The molecule has 10 amide bonds. The molecule has 41 heteroatoms. The summed E-state index contributed by atoms with van der Waals surface area (Å²) in [6.07, 6.45) is -4.42. The minimum atomic E-state index is -2.51. The predicted octanol–water partition coefficient (Wildman–Crippen LogP) is -0.514. The number of primary amides is 1. The number of carboxylic acids is 1. The number of phenols is 2. The number of imidazole rings is 1. The van der Waals surface area contributed by atoms with Gasteiger partial charge >= 0.3 is 5.97 Å². The summed E-state index contributed by atoms with van der Waals surface area (Å²) in [5.74, 6) is -15.4. The van der Waals surface area contributed by atoms with Crippen LogP contribution in [0.2, 0.25) is 5.02 Å². The lowest BCUT2D eigenvalue weighted by atomic mass is 9.72. The van der Waals surface area contributed by atoms with Gasteiger partial charge in [-0.05, 0) is 99.7 Å². The van der Waals surface area contributed by atoms with Crippen LogP contribution in [-0.4, -0.2) is 279 Å². The van der Waals surface area contributed by atoms with Gasteiger partial charge in [0, 0.05) is 111 Å². The fraction of sp³-hybridized carbons (Fsp3) is 0.517. The molecule has 5 aromatic rings. The zero-order chi connectivity index (χ0) is 93.3. The van der Waals surface area contributed by atoms with Crippen LogP contribution in [-0.2, 0) is 86.5 Å². The summed E-state index contributed by atoms with van der Waals surface area (Å²) >= 11 is 6.06. The molecule has 0 spiro atoms. The number of hydrogen-bond donors (Lipinski definition) is 17. The normalized spacial score (nSPS) is 21.8. The van der Waals surface area contributed by atoms with Gasteiger partial charge in [0.2, 0.25) is 64.9 Å². The Hall–Kier alpha value is -11.9. The molecule has 4 fully saturated rings. The molecule has 4 heterocycles. The minimum absolute atomic E-state index is 0.0279. The lowest BCUT2D eigenvalue weighted by Crippen LogP contribution is -2.62. The van der Waals surface area contributed by atoms with Gasteiger partial charge in [-0.25, -0.2) is 4.98 Å². The molecule has 128 heavy (non-hydrogen) atoms. The number of likely N-dealkylation sites (tertiary alicyclic amines) is 1. The monoisotopic (exact) mass is 1800 g/mol. The molecule has 0 bridgehead atoms. The smallest absolute Gasteiger partial charge is 0.303 e. The fourth-order valence-corrected chi connectivity index (χ4v) is 16.9. The number of halogens is 1. The van der Waals surface area contributed by atoms with Crippen molar-refractivity contribution < 1.29 is 127 Å². The van der Waals surface area contributed by atoms with Crippen molar-refractivity contribution >= 4 is 99.7 Å². The van der Waals surface area contributed by atoms with E-state index < -0.39 is 242 Å². The number of ether oxygens (including phenoxy) is 3. The molecule has 0 unspecified atom stereocenters. The van der Waals surface area contributed by atoms with Gasteiger partial charge < -0.3 is 117 Å². The number of nitrogens with zero attached hydrogens (tertiary/aromatic N) is 6. The number of carboxylic acid groups (broad SMARTS) is 1. The van der Waals surface area contributed by atoms with E-state index >= 15 is 0 Å². The first-order valence-electron chi connectivity index (χ1n) is 42.2. The number of amides is 10. The molecule has 3 aliphatic carbocycles. The number of nitrogens with two attached hydrogens (primary N) is 1. The number of aliphatic hydroxyl groups is 6. The van der Waals surface area contributed by atoms with Crippen LogP contribution in [0.15, 0.2) is 79.3 Å². The van der Waals surface area contributed by atoms with Crippen LogP contribution < -0.4 is 52.6 Å². The van der Waals surface area contributed by atoms with Crippen LogP contribution in [0.4, 0.5) is 5.69 Å². The van der Waals surface area contributed by atoms with Crippen molar-refractivity contribution in [2.45, 2.75) is 222 Å². The molecule has 11 rings (SSSR count). The third-order valence-corrected chi connectivity index (χ3v) is 23.8. The summed E-state index contributed by atoms with van der Waals surface area (Å²) < 4.78 is 19.7. The minimum Gasteiger partial charge on any atom is -0.507 e. The highest BCUT2D eigenvalue weighted by Gasteiger charge is 2.52. The summed E-state index contributed by atoms with van der Waals surface area (Å²) in [5.41, 5.74) is 4.20. The molecule has 4 aromatic carbocycles. The molecule has 18 N–H and O–H groups in total. The first-order chi connectivity index (χ1) is 60.9. The Balaban J connectivity index is 0.000000491. The fourth-order valence-electron chi connectivity index (χ4n) is 16.8. The Morgan fingerprint density at radius 2 is 1.41 bits per heavy atom. The Morgan fingerprint density at radius 3 is 2.05 bits per heavy atom. The number of rotatable bonds is 36. The number of nitrogens with one attached hydrogen (secondary N) is 7. The Labute approximate surface area is 740 Å². The van der Waals surface area contributed by atoms with Gasteiger partial charge in [0.05, 0.1) is 91.6 Å². The first kappa shape index (κ1) is 98.3. The summed E-state index contributed by atoms with van der Waals surface area (Å²) in [6, 6.07) is 9.01. The molecular weight excluding hydrogens is 1690 g/mol. The zero-order valence-electron chi connectivity index (χ0n) is 71.2. The number of hydrogen-bond acceptors (Lipinski definition) is 28. The van der Waals surface area contributed by atoms with Gasteiger partial charge in [0.15, 0.2) is 17.9 Å². The summed E-state index contributed by atoms with van der Waals surface area (Å²) in [7, 11) is 1.25. The number of piperazine rings is 1. The molecule has 1 saturated carbocycles. The van der Waals surface area contributed by atoms with Crippen LogP contribution in [0.1, 0.15) is 183 Å². The SMILES string of the molecule is COc1cccc2c1C(=O)c1c(O)c3c(c(O)c1C2=O)C[C@@](O)(C(=O)CO)C[C@@H]3O[C@H]1C[C@H](NC(=O)[C@H](CC(C)C)NC(=O)[C@H](CO)NC(=O)[C@H](CCC(N)=O)NC(=O)[C@@H](NC(=O)[C@H](CO)NC(=O)[C@H](C)NC(=O)[C@@H]2C[C@@H](O)CN2C(=O)CCCC(=O)O)C2CCCCC2)[C@H](O)[C@H](C)O1.N#Cc1ccc(Cn2cncc2CN2CCN(c3cccc(Cl)c3)C(=O)C2)cc1. The van der Waals surface area contributed by atoms with E-state index in [0.29, 0.717) is 62.4 Å². The highest BCUT2D eigenvalue weighted by molar-refractivity contribution is 6.32. The van der Waals surface area contributed by atoms with Crippen LogP contribution in [0.25, 0.3) is 0 Å². The lowest BCUT2D eigenvalue weighted by molar-refractivity contribution is -0.249. The number of methoxy groups -OCH3 is 1. The number of benzene rings is 4. The molecule has 690 valence electrons. The van der Waals surface area contributed by atoms with Crippen LogP contribution >= 0.6 is 11.6 Å². The molecule has 40 nitrogen and oxygen atoms in total. The third kappa shape index (κ3) is 24.1. The summed E-state index contributed by atoms with van der Waals surface area (Å²) in [6.45, 7) is 5.56. The maximum absolute atomic E-state index is 14.4. The summed E-state index contributed by atoms with van der Waals surface area (Å²) in [5, 5.41) is 124. The molecular formula is C87H109ClN14O26. The number of anilines is 1. The molecule has 1 aromatic heterocycles. The predicted molar refractivity (Wildman–Crippen MR) is 451 cm³/mol. The summed E-state index contributed by atoms with van der Waals surface area (Å²) in [4.78, 5) is 197. The number of aliphatic hydroxyl groups excluding tert-OH is 5. The van der Waals surface area contributed by atoms with E-state index in [1.54, 1.807) is 31.1 Å². The highest BCUT2D eigenvalue weighted by atomic mass is 35.5. The largest absolute Gasteiger partial charge is 0.507 e. The van der Waals surface area contributed by atoms with Gasteiger partial charge in [-0.1, -0.05) is 75.0 Å². The second-order valence-corrected chi connectivity index (χ2v) is 33.7. The number of nitriles is 1. The third-order valence-electron chi connectivity index (χ3n) is 23.5. The van der Waals surface area contributed by atoms with Crippen molar-refractivity contribution in [2.24, 2.45) is 17.6 Å². The van der Waals surface area contributed by atoms with Gasteiger partial charge in [-0.3, -0.25) is 72.0 Å². The van der Waals surface area contributed by atoms with E-state index in [1.807, 2.05) is 48.7 Å². The topological polar surface area (TPSA) is 610 Å². The number of carbonyl (C=O) groups is 14. The number of Topliss-reactive ketones (excluding diaryl/α,β-unsaturated/α-hetero) is 1. The second-order valence-electron chi connectivity index (χ2n) is 33.2. The van der Waals surface area contributed by atoms with E-state index in [2.05, 4.69) is 57.7 Å². The van der Waals surface area contributed by atoms with E-state index in [9.17, 15) is 108 Å². The van der Waals surface area contributed by atoms with E-state index in [1.165, 1.54) is 39.2 Å². The first-order valence-corrected chi connectivity index (χ1v) is 42.6. The molecule has 0 radical (unpaired) electrons. The zero-order valence-corrected chi connectivity index (χ0v) is 72.0. The number of aliphatic carboxylic acids is 1. The molecule has 3 aliphatic heterocycles. The quantitative estimate of drug-likeness (QED) is 0.0220. The van der Waals surface area contributed by atoms with Crippen molar-refractivity contribution in [1.82, 2.24) is 56.6 Å².